The van der Waals surface area contributed by atoms with Crippen molar-refractivity contribution in [2.45, 2.75) is 20.1 Å². The third-order valence-corrected chi connectivity index (χ3v) is 3.95. The third kappa shape index (κ3) is 4.74. The molecule has 0 spiro atoms. The van der Waals surface area contributed by atoms with Crippen LogP contribution >= 0.6 is 0 Å². The van der Waals surface area contributed by atoms with Gasteiger partial charge in [0, 0.05) is 23.8 Å². The lowest BCUT2D eigenvalue weighted by molar-refractivity contribution is 0.0464. The van der Waals surface area contributed by atoms with Gasteiger partial charge in [-0.25, -0.2) is 4.79 Å². The lowest BCUT2D eigenvalue weighted by Crippen LogP contribution is -2.07. The van der Waals surface area contributed by atoms with Gasteiger partial charge < -0.3 is 18.7 Å². The molecule has 0 aliphatic carbocycles. The van der Waals surface area contributed by atoms with Gasteiger partial charge in [-0.05, 0) is 25.1 Å². The fourth-order valence-corrected chi connectivity index (χ4v) is 2.57. The molecule has 140 valence electrons. The topological polar surface area (TPSA) is 70.8 Å². The van der Waals surface area contributed by atoms with Gasteiger partial charge in [-0.3, -0.25) is 0 Å². The molecule has 2 aromatic carbocycles. The molecule has 0 atom stereocenters. The van der Waals surface area contributed by atoms with Crippen LogP contribution in [0.15, 0.2) is 59.1 Å². The van der Waals surface area contributed by atoms with E-state index in [1.807, 2.05) is 37.3 Å². The largest absolute Gasteiger partial charge is 0.496 e. The number of benzene rings is 2. The standard InChI is InChI=1S/C21H21NO5/c1-3-25-13-17-11-16(9-10-19(17)24-2)21(23)26-14-18-12-20(27-22-18)15-7-5-4-6-8-15/h4-12H,3,13-14H2,1-2H3. The average Bonchev–Trinajstić information content (AvgIpc) is 3.20. The number of aromatic nitrogens is 1. The highest BCUT2D eigenvalue weighted by atomic mass is 16.5. The highest BCUT2D eigenvalue weighted by Gasteiger charge is 2.13. The van der Waals surface area contributed by atoms with Crippen LogP contribution in [0.4, 0.5) is 0 Å². The monoisotopic (exact) mass is 367 g/mol. The molecular formula is C21H21NO5. The van der Waals surface area contributed by atoms with Crippen molar-refractivity contribution >= 4 is 5.97 Å². The van der Waals surface area contributed by atoms with Crippen LogP contribution in [-0.2, 0) is 22.7 Å². The first-order valence-electron chi connectivity index (χ1n) is 8.64. The van der Waals surface area contributed by atoms with Crippen LogP contribution in [0.1, 0.15) is 28.5 Å². The highest BCUT2D eigenvalue weighted by Crippen LogP contribution is 2.22. The fraction of sp³-hybridized carbons (Fsp3) is 0.238. The number of rotatable bonds is 8. The van der Waals surface area contributed by atoms with Crippen LogP contribution in [0.25, 0.3) is 11.3 Å². The zero-order chi connectivity index (χ0) is 19.1. The summed E-state index contributed by atoms with van der Waals surface area (Å²) in [6.45, 7) is 2.88. The SMILES string of the molecule is CCOCc1cc(C(=O)OCc2cc(-c3ccccc3)on2)ccc1OC. The molecule has 27 heavy (non-hydrogen) atoms. The fourth-order valence-electron chi connectivity index (χ4n) is 2.57. The van der Waals surface area contributed by atoms with Gasteiger partial charge in [0.05, 0.1) is 19.3 Å². The molecule has 0 aliphatic heterocycles. The highest BCUT2D eigenvalue weighted by molar-refractivity contribution is 5.89. The lowest BCUT2D eigenvalue weighted by Gasteiger charge is -2.10. The van der Waals surface area contributed by atoms with Crippen LogP contribution < -0.4 is 4.74 Å². The Balaban J connectivity index is 1.65. The lowest BCUT2D eigenvalue weighted by atomic mass is 10.1. The van der Waals surface area contributed by atoms with Crippen LogP contribution in [-0.4, -0.2) is 24.8 Å². The normalized spacial score (nSPS) is 10.6. The molecule has 6 nitrogen and oxygen atoms in total. The maximum atomic E-state index is 12.4. The maximum Gasteiger partial charge on any atom is 0.338 e. The first kappa shape index (κ1) is 18.7. The van der Waals surface area contributed by atoms with E-state index in [0.29, 0.717) is 36.0 Å². The van der Waals surface area contributed by atoms with Gasteiger partial charge in [0.1, 0.15) is 18.1 Å². The number of hydrogen-bond donors (Lipinski definition) is 0. The van der Waals surface area contributed by atoms with Gasteiger partial charge in [-0.15, -0.1) is 0 Å². The van der Waals surface area contributed by atoms with E-state index in [9.17, 15) is 4.79 Å². The van der Waals surface area contributed by atoms with E-state index in [1.54, 1.807) is 31.4 Å². The number of carbonyl (C=O) groups is 1. The molecule has 0 radical (unpaired) electrons. The van der Waals surface area contributed by atoms with Crippen molar-refractivity contribution in [3.8, 4) is 17.1 Å². The number of esters is 1. The van der Waals surface area contributed by atoms with E-state index in [-0.39, 0.29) is 6.61 Å². The van der Waals surface area contributed by atoms with Crippen molar-refractivity contribution in [1.82, 2.24) is 5.16 Å². The molecule has 1 heterocycles. The minimum absolute atomic E-state index is 0.0298. The van der Waals surface area contributed by atoms with Crippen molar-refractivity contribution in [3.63, 3.8) is 0 Å². The van der Waals surface area contributed by atoms with Crippen LogP contribution in [0.5, 0.6) is 5.75 Å². The van der Waals surface area contributed by atoms with Crippen LogP contribution in [0.3, 0.4) is 0 Å². The number of methoxy groups -OCH3 is 1. The van der Waals surface area contributed by atoms with Crippen molar-refractivity contribution in [3.05, 3.63) is 71.4 Å². The second-order valence-electron chi connectivity index (χ2n) is 5.79. The van der Waals surface area contributed by atoms with E-state index < -0.39 is 5.97 Å². The second kappa shape index (κ2) is 9.00. The predicted octanol–water partition coefficient (Wildman–Crippen LogP) is 4.24. The molecule has 0 aliphatic rings. The Kier molecular flexibility index (Phi) is 6.22. The first-order chi connectivity index (χ1) is 13.2. The predicted molar refractivity (Wildman–Crippen MR) is 99.4 cm³/mol. The van der Waals surface area contributed by atoms with E-state index in [2.05, 4.69) is 5.16 Å². The molecule has 0 bridgehead atoms. The van der Waals surface area contributed by atoms with Crippen molar-refractivity contribution in [2.24, 2.45) is 0 Å². The summed E-state index contributed by atoms with van der Waals surface area (Å²) >= 11 is 0. The van der Waals surface area contributed by atoms with Crippen LogP contribution in [0.2, 0.25) is 0 Å². The smallest absolute Gasteiger partial charge is 0.338 e. The van der Waals surface area contributed by atoms with E-state index in [0.717, 1.165) is 11.1 Å². The molecule has 6 heteroatoms. The quantitative estimate of drug-likeness (QED) is 0.555. The van der Waals surface area contributed by atoms with Crippen LogP contribution in [0, 0.1) is 0 Å². The summed E-state index contributed by atoms with van der Waals surface area (Å²) in [5, 5.41) is 3.95. The van der Waals surface area contributed by atoms with Gasteiger partial charge >= 0.3 is 5.97 Å². The average molecular weight is 367 g/mol. The van der Waals surface area contributed by atoms with E-state index in [1.165, 1.54) is 0 Å². The van der Waals surface area contributed by atoms with Crippen molar-refractivity contribution < 1.29 is 23.5 Å². The Morgan fingerprint density at radius 2 is 1.89 bits per heavy atom. The summed E-state index contributed by atoms with van der Waals surface area (Å²) < 4.78 is 21.4. The summed E-state index contributed by atoms with van der Waals surface area (Å²) in [7, 11) is 1.58. The molecule has 3 rings (SSSR count). The van der Waals surface area contributed by atoms with E-state index >= 15 is 0 Å². The zero-order valence-corrected chi connectivity index (χ0v) is 15.3. The van der Waals surface area contributed by atoms with Gasteiger partial charge in [0.25, 0.3) is 0 Å². The summed E-state index contributed by atoms with van der Waals surface area (Å²) in [4.78, 5) is 12.4. The number of hydrogen-bond acceptors (Lipinski definition) is 6. The summed E-state index contributed by atoms with van der Waals surface area (Å²) in [5.41, 5.74) is 2.68. The molecule has 0 fully saturated rings. The molecule has 0 saturated carbocycles. The molecule has 3 aromatic rings. The molecule has 0 unspecified atom stereocenters. The molecule has 0 saturated heterocycles. The Bertz CT molecular complexity index is 889. The van der Waals surface area contributed by atoms with Gasteiger partial charge in [-0.2, -0.15) is 0 Å². The maximum absolute atomic E-state index is 12.4. The number of carbonyl (C=O) groups excluding carboxylic acids is 1. The summed E-state index contributed by atoms with van der Waals surface area (Å²) in [5.74, 6) is 0.855. The Morgan fingerprint density at radius 1 is 1.07 bits per heavy atom. The zero-order valence-electron chi connectivity index (χ0n) is 15.3. The minimum Gasteiger partial charge on any atom is -0.496 e. The van der Waals surface area contributed by atoms with Crippen molar-refractivity contribution in [1.29, 1.82) is 0 Å². The molecule has 1 aromatic heterocycles. The summed E-state index contributed by atoms with van der Waals surface area (Å²) in [6.07, 6.45) is 0. The second-order valence-corrected chi connectivity index (χ2v) is 5.79. The Hall–Kier alpha value is -3.12. The number of nitrogens with zero attached hydrogens (tertiary/aromatic N) is 1. The van der Waals surface area contributed by atoms with E-state index in [4.69, 9.17) is 18.7 Å². The Morgan fingerprint density at radius 3 is 2.63 bits per heavy atom. The first-order valence-corrected chi connectivity index (χ1v) is 8.64. The van der Waals surface area contributed by atoms with Crippen molar-refractivity contribution in [2.75, 3.05) is 13.7 Å². The van der Waals surface area contributed by atoms with Gasteiger partial charge in [0.2, 0.25) is 0 Å². The molecule has 0 amide bonds. The molecular weight excluding hydrogens is 346 g/mol. The summed E-state index contributed by atoms with van der Waals surface area (Å²) in [6, 6.07) is 16.5. The third-order valence-electron chi connectivity index (χ3n) is 3.95. The Labute approximate surface area is 157 Å². The van der Waals surface area contributed by atoms with Gasteiger partial charge in [0.15, 0.2) is 5.76 Å². The van der Waals surface area contributed by atoms with Gasteiger partial charge in [-0.1, -0.05) is 35.5 Å². The molecule has 0 N–H and O–H groups in total. The number of ether oxygens (including phenoxy) is 3. The minimum atomic E-state index is -0.445.